The number of hydrogen-bond donors (Lipinski definition) is 1. The third-order valence-electron chi connectivity index (χ3n) is 1.18. The number of halogens is 2. The van der Waals surface area contributed by atoms with Crippen molar-refractivity contribution in [1.29, 1.82) is 0 Å². The van der Waals surface area contributed by atoms with Crippen LogP contribution in [0.2, 0.25) is 10.0 Å². The van der Waals surface area contributed by atoms with Gasteiger partial charge in [0.2, 0.25) is 0 Å². The summed E-state index contributed by atoms with van der Waals surface area (Å²) in [7, 11) is 0. The molecule has 0 saturated carbocycles. The summed E-state index contributed by atoms with van der Waals surface area (Å²) >= 11 is 11.2. The summed E-state index contributed by atoms with van der Waals surface area (Å²) in [5.41, 5.74) is 0.308. The van der Waals surface area contributed by atoms with Crippen LogP contribution in [0.5, 0.6) is 5.75 Å². The lowest BCUT2D eigenvalue weighted by Crippen LogP contribution is -1.77. The number of aromatic hydroxyl groups is 1. The number of phenolic OH excluding ortho intramolecular Hbond substituents is 1. The molecule has 11 heavy (non-hydrogen) atoms. The third-order valence-corrected chi connectivity index (χ3v) is 1.69. The molecule has 1 aromatic rings. The molecule has 1 nitrogen and oxygen atoms in total. The van der Waals surface area contributed by atoms with E-state index >= 15 is 0 Å². The summed E-state index contributed by atoms with van der Waals surface area (Å²) in [6, 6.07) is 2.90. The van der Waals surface area contributed by atoms with E-state index in [1.165, 1.54) is 12.1 Å². The SMILES string of the molecule is C#Cc1cc(Cl)cc(Cl)c1O. The van der Waals surface area contributed by atoms with Crippen molar-refractivity contribution in [2.24, 2.45) is 0 Å². The van der Waals surface area contributed by atoms with Gasteiger partial charge in [-0.1, -0.05) is 29.1 Å². The maximum atomic E-state index is 9.19. The first-order chi connectivity index (χ1) is 5.15. The zero-order valence-corrected chi connectivity index (χ0v) is 6.95. The van der Waals surface area contributed by atoms with Crippen LogP contribution in [0.15, 0.2) is 12.1 Å². The molecule has 0 aromatic heterocycles. The highest BCUT2D eigenvalue weighted by atomic mass is 35.5. The summed E-state index contributed by atoms with van der Waals surface area (Å²) in [6.45, 7) is 0. The maximum absolute atomic E-state index is 9.19. The molecule has 56 valence electrons. The number of terminal acetylenes is 1. The first-order valence-electron chi connectivity index (χ1n) is 2.79. The van der Waals surface area contributed by atoms with Crippen LogP contribution in [0.25, 0.3) is 0 Å². The Morgan fingerprint density at radius 3 is 2.55 bits per heavy atom. The lowest BCUT2D eigenvalue weighted by Gasteiger charge is -1.99. The molecule has 1 N–H and O–H groups in total. The van der Waals surface area contributed by atoms with E-state index in [9.17, 15) is 5.11 Å². The molecule has 0 atom stereocenters. The molecular formula is C8H4Cl2O. The van der Waals surface area contributed by atoms with E-state index in [2.05, 4.69) is 5.92 Å². The average molecular weight is 187 g/mol. The van der Waals surface area contributed by atoms with Crippen LogP contribution in [0.4, 0.5) is 0 Å². The second kappa shape index (κ2) is 3.04. The van der Waals surface area contributed by atoms with E-state index in [1.54, 1.807) is 0 Å². The Kier molecular flexibility index (Phi) is 2.28. The van der Waals surface area contributed by atoms with Crippen LogP contribution < -0.4 is 0 Å². The van der Waals surface area contributed by atoms with Crippen molar-refractivity contribution in [1.82, 2.24) is 0 Å². The fourth-order valence-corrected chi connectivity index (χ4v) is 1.17. The van der Waals surface area contributed by atoms with E-state index < -0.39 is 0 Å². The van der Waals surface area contributed by atoms with Crippen LogP contribution >= 0.6 is 23.2 Å². The van der Waals surface area contributed by atoms with Crippen molar-refractivity contribution in [3.05, 3.63) is 27.7 Å². The lowest BCUT2D eigenvalue weighted by atomic mass is 10.2. The molecule has 0 aliphatic heterocycles. The third kappa shape index (κ3) is 1.59. The van der Waals surface area contributed by atoms with Crippen LogP contribution in [0, 0.1) is 12.3 Å². The van der Waals surface area contributed by atoms with Gasteiger partial charge in [0, 0.05) is 5.02 Å². The summed E-state index contributed by atoms with van der Waals surface area (Å²) in [5.74, 6) is 2.16. The van der Waals surface area contributed by atoms with Gasteiger partial charge in [-0.25, -0.2) is 0 Å². The largest absolute Gasteiger partial charge is 0.505 e. The Morgan fingerprint density at radius 1 is 1.36 bits per heavy atom. The van der Waals surface area contributed by atoms with Crippen molar-refractivity contribution < 1.29 is 5.11 Å². The van der Waals surface area contributed by atoms with Gasteiger partial charge in [-0.3, -0.25) is 0 Å². The Labute approximate surface area is 74.6 Å². The zero-order chi connectivity index (χ0) is 8.43. The van der Waals surface area contributed by atoms with Crippen molar-refractivity contribution in [3.8, 4) is 18.1 Å². The first-order valence-corrected chi connectivity index (χ1v) is 3.55. The molecule has 0 amide bonds. The van der Waals surface area contributed by atoms with Gasteiger partial charge in [0.15, 0.2) is 0 Å². The molecule has 1 aromatic carbocycles. The highest BCUT2D eigenvalue weighted by Crippen LogP contribution is 2.30. The molecule has 3 heteroatoms. The molecule has 0 aliphatic rings. The van der Waals surface area contributed by atoms with Gasteiger partial charge in [-0.2, -0.15) is 0 Å². The summed E-state index contributed by atoms with van der Waals surface area (Å²) in [5, 5.41) is 9.78. The van der Waals surface area contributed by atoms with Gasteiger partial charge in [0.05, 0.1) is 10.6 Å². The maximum Gasteiger partial charge on any atom is 0.149 e. The predicted molar refractivity (Wildman–Crippen MR) is 46.1 cm³/mol. The Hall–Kier alpha value is -0.840. The Bertz CT molecular complexity index is 326. The van der Waals surface area contributed by atoms with Gasteiger partial charge in [-0.15, -0.1) is 6.42 Å². The van der Waals surface area contributed by atoms with E-state index in [4.69, 9.17) is 29.6 Å². The minimum atomic E-state index is -0.0985. The minimum absolute atomic E-state index is 0.0985. The second-order valence-electron chi connectivity index (χ2n) is 1.93. The zero-order valence-electron chi connectivity index (χ0n) is 5.44. The quantitative estimate of drug-likeness (QED) is 0.619. The normalized spacial score (nSPS) is 9.18. The minimum Gasteiger partial charge on any atom is -0.505 e. The molecule has 0 heterocycles. The monoisotopic (exact) mass is 186 g/mol. The van der Waals surface area contributed by atoms with E-state index in [-0.39, 0.29) is 10.8 Å². The Balaban J connectivity index is 3.39. The molecule has 0 spiro atoms. The van der Waals surface area contributed by atoms with Gasteiger partial charge < -0.3 is 5.11 Å². The van der Waals surface area contributed by atoms with Crippen LogP contribution in [0.3, 0.4) is 0 Å². The van der Waals surface area contributed by atoms with E-state index in [0.717, 1.165) is 0 Å². The molecule has 0 aliphatic carbocycles. The smallest absolute Gasteiger partial charge is 0.149 e. The van der Waals surface area contributed by atoms with E-state index in [0.29, 0.717) is 10.6 Å². The Morgan fingerprint density at radius 2 is 2.00 bits per heavy atom. The fourth-order valence-electron chi connectivity index (χ4n) is 0.676. The fraction of sp³-hybridized carbons (Fsp3) is 0. The van der Waals surface area contributed by atoms with Gasteiger partial charge >= 0.3 is 0 Å². The van der Waals surface area contributed by atoms with Crippen molar-refractivity contribution in [3.63, 3.8) is 0 Å². The van der Waals surface area contributed by atoms with Crippen LogP contribution in [0.1, 0.15) is 5.56 Å². The summed E-state index contributed by atoms with van der Waals surface area (Å²) < 4.78 is 0. The number of phenols is 1. The number of benzene rings is 1. The molecule has 0 radical (unpaired) electrons. The highest BCUT2D eigenvalue weighted by molar-refractivity contribution is 6.35. The van der Waals surface area contributed by atoms with Crippen molar-refractivity contribution >= 4 is 23.2 Å². The first kappa shape index (κ1) is 8.26. The number of rotatable bonds is 0. The predicted octanol–water partition coefficient (Wildman–Crippen LogP) is 2.68. The molecule has 0 saturated heterocycles. The lowest BCUT2D eigenvalue weighted by molar-refractivity contribution is 0.474. The molecular weight excluding hydrogens is 183 g/mol. The molecule has 0 bridgehead atoms. The van der Waals surface area contributed by atoms with Crippen molar-refractivity contribution in [2.45, 2.75) is 0 Å². The summed E-state index contributed by atoms with van der Waals surface area (Å²) in [4.78, 5) is 0. The molecule has 0 unspecified atom stereocenters. The van der Waals surface area contributed by atoms with Crippen LogP contribution in [-0.4, -0.2) is 5.11 Å². The second-order valence-corrected chi connectivity index (χ2v) is 2.77. The van der Waals surface area contributed by atoms with E-state index in [1.807, 2.05) is 0 Å². The summed E-state index contributed by atoms with van der Waals surface area (Å²) in [6.07, 6.45) is 5.06. The highest BCUT2D eigenvalue weighted by Gasteiger charge is 2.04. The average Bonchev–Trinajstić information content (AvgIpc) is 1.96. The van der Waals surface area contributed by atoms with Crippen molar-refractivity contribution in [2.75, 3.05) is 0 Å². The van der Waals surface area contributed by atoms with Gasteiger partial charge in [0.25, 0.3) is 0 Å². The van der Waals surface area contributed by atoms with Gasteiger partial charge in [-0.05, 0) is 12.1 Å². The number of hydrogen-bond acceptors (Lipinski definition) is 1. The topological polar surface area (TPSA) is 20.2 Å². The molecule has 0 fully saturated rings. The van der Waals surface area contributed by atoms with Crippen LogP contribution in [-0.2, 0) is 0 Å². The van der Waals surface area contributed by atoms with Gasteiger partial charge in [0.1, 0.15) is 5.75 Å². The molecule has 1 rings (SSSR count). The standard InChI is InChI=1S/C8H4Cl2O/c1-2-5-3-6(9)4-7(10)8(5)11/h1,3-4,11H.